The number of nitrogens with one attached hydrogen (secondary N) is 1. The number of sulfonamides is 1. The summed E-state index contributed by atoms with van der Waals surface area (Å²) in [6.07, 6.45) is 3.18. The Kier molecular flexibility index (Phi) is 6.22. The molecule has 2 atom stereocenters. The number of nitrogens with zero attached hydrogens (tertiary/aromatic N) is 1. The third-order valence-corrected chi connectivity index (χ3v) is 4.98. The van der Waals surface area contributed by atoms with E-state index in [0.29, 0.717) is 13.0 Å². The smallest absolute Gasteiger partial charge is 0.240 e. The van der Waals surface area contributed by atoms with Crippen LogP contribution in [0.3, 0.4) is 0 Å². The van der Waals surface area contributed by atoms with Crippen molar-refractivity contribution < 1.29 is 18.3 Å². The van der Waals surface area contributed by atoms with Gasteiger partial charge in [-0.05, 0) is 32.6 Å². The molecule has 1 rings (SSSR count). The van der Waals surface area contributed by atoms with Gasteiger partial charge in [0.2, 0.25) is 15.9 Å². The van der Waals surface area contributed by atoms with Crippen molar-refractivity contribution in [2.24, 2.45) is 0 Å². The van der Waals surface area contributed by atoms with Gasteiger partial charge < -0.3 is 10.0 Å². The zero-order chi connectivity index (χ0) is 14.5. The third kappa shape index (κ3) is 4.74. The normalized spacial score (nSPS) is 22.3. The average molecular weight is 292 g/mol. The minimum atomic E-state index is -3.40. The second kappa shape index (κ2) is 7.21. The molecule has 0 aliphatic carbocycles. The van der Waals surface area contributed by atoms with Crippen molar-refractivity contribution in [3.8, 4) is 0 Å². The Morgan fingerprint density at radius 2 is 2.16 bits per heavy atom. The molecule has 0 spiro atoms. The fourth-order valence-electron chi connectivity index (χ4n) is 2.38. The van der Waals surface area contributed by atoms with E-state index in [1.165, 1.54) is 0 Å². The van der Waals surface area contributed by atoms with Gasteiger partial charge in [0, 0.05) is 6.54 Å². The third-order valence-electron chi connectivity index (χ3n) is 3.32. The lowest BCUT2D eigenvalue weighted by Crippen LogP contribution is -2.53. The van der Waals surface area contributed by atoms with Crippen LogP contribution in [0.2, 0.25) is 0 Å². The van der Waals surface area contributed by atoms with Crippen molar-refractivity contribution in [2.45, 2.75) is 51.6 Å². The first kappa shape index (κ1) is 16.4. The summed E-state index contributed by atoms with van der Waals surface area (Å²) < 4.78 is 25.7. The maximum Gasteiger partial charge on any atom is 0.240 e. The van der Waals surface area contributed by atoms with Crippen molar-refractivity contribution in [1.82, 2.24) is 9.62 Å². The van der Waals surface area contributed by atoms with Gasteiger partial charge >= 0.3 is 0 Å². The Labute approximate surface area is 115 Å². The molecule has 1 heterocycles. The summed E-state index contributed by atoms with van der Waals surface area (Å²) in [6, 6.07) is -0.955. The number of likely N-dealkylation sites (tertiary alicyclic amines) is 1. The minimum absolute atomic E-state index is 0.0219. The molecule has 0 bridgehead atoms. The molecule has 0 saturated carbocycles. The SMILES string of the molecule is CCCS(=O)(=O)NC(C)C(=O)N1CCCCC1CO. The molecule has 0 aromatic carbocycles. The predicted molar refractivity (Wildman–Crippen MR) is 73.1 cm³/mol. The second-order valence-electron chi connectivity index (χ2n) is 5.02. The van der Waals surface area contributed by atoms with Crippen LogP contribution in [0.1, 0.15) is 39.5 Å². The van der Waals surface area contributed by atoms with Gasteiger partial charge in [0.05, 0.1) is 24.4 Å². The maximum atomic E-state index is 12.2. The van der Waals surface area contributed by atoms with Crippen LogP contribution in [0, 0.1) is 0 Å². The van der Waals surface area contributed by atoms with Crippen molar-refractivity contribution in [3.63, 3.8) is 0 Å². The quantitative estimate of drug-likeness (QED) is 0.726. The van der Waals surface area contributed by atoms with E-state index in [9.17, 15) is 18.3 Å². The van der Waals surface area contributed by atoms with Gasteiger partial charge in [-0.15, -0.1) is 0 Å². The van der Waals surface area contributed by atoms with Gasteiger partial charge in [-0.3, -0.25) is 4.79 Å². The van der Waals surface area contributed by atoms with Gasteiger partial charge in [0.15, 0.2) is 0 Å². The first-order chi connectivity index (χ1) is 8.91. The van der Waals surface area contributed by atoms with Crippen LogP contribution in [0.15, 0.2) is 0 Å². The Morgan fingerprint density at radius 1 is 1.47 bits per heavy atom. The molecule has 1 saturated heterocycles. The highest BCUT2D eigenvalue weighted by atomic mass is 32.2. The van der Waals surface area contributed by atoms with Gasteiger partial charge in [0.1, 0.15) is 0 Å². The molecule has 112 valence electrons. The molecule has 6 nitrogen and oxygen atoms in total. The van der Waals surface area contributed by atoms with Crippen LogP contribution in [0.4, 0.5) is 0 Å². The first-order valence-electron chi connectivity index (χ1n) is 6.82. The molecule has 2 unspecified atom stereocenters. The lowest BCUT2D eigenvalue weighted by atomic mass is 10.0. The first-order valence-corrected chi connectivity index (χ1v) is 8.48. The fraction of sp³-hybridized carbons (Fsp3) is 0.917. The highest BCUT2D eigenvalue weighted by Crippen LogP contribution is 2.17. The van der Waals surface area contributed by atoms with Crippen LogP contribution in [-0.4, -0.2) is 55.3 Å². The Balaban J connectivity index is 2.65. The summed E-state index contributed by atoms with van der Waals surface area (Å²) in [6.45, 7) is 3.85. The summed E-state index contributed by atoms with van der Waals surface area (Å²) in [4.78, 5) is 13.8. The Hall–Kier alpha value is -0.660. The Morgan fingerprint density at radius 3 is 2.74 bits per heavy atom. The number of amides is 1. The van der Waals surface area contributed by atoms with Crippen molar-refractivity contribution >= 4 is 15.9 Å². The number of aliphatic hydroxyl groups excluding tert-OH is 1. The number of hydrogen-bond acceptors (Lipinski definition) is 4. The lowest BCUT2D eigenvalue weighted by Gasteiger charge is -2.36. The molecule has 1 fully saturated rings. The predicted octanol–water partition coefficient (Wildman–Crippen LogP) is 0.0777. The van der Waals surface area contributed by atoms with E-state index in [2.05, 4.69) is 4.72 Å². The number of hydrogen-bond donors (Lipinski definition) is 2. The standard InChI is InChI=1S/C12H24N2O4S/c1-3-8-19(17,18)13-10(2)12(16)14-7-5-4-6-11(14)9-15/h10-11,13,15H,3-9H2,1-2H3. The summed E-state index contributed by atoms with van der Waals surface area (Å²) in [5.74, 6) is -0.230. The molecule has 7 heteroatoms. The summed E-state index contributed by atoms with van der Waals surface area (Å²) >= 11 is 0. The maximum absolute atomic E-state index is 12.2. The fourth-order valence-corrected chi connectivity index (χ4v) is 3.67. The second-order valence-corrected chi connectivity index (χ2v) is 6.90. The number of aliphatic hydroxyl groups is 1. The summed E-state index contributed by atoms with van der Waals surface area (Å²) in [7, 11) is -3.40. The number of carbonyl (C=O) groups excluding carboxylic acids is 1. The van der Waals surface area contributed by atoms with Gasteiger partial charge in [0.25, 0.3) is 0 Å². The zero-order valence-electron chi connectivity index (χ0n) is 11.6. The lowest BCUT2D eigenvalue weighted by molar-refractivity contribution is -0.137. The molecule has 0 aromatic rings. The van der Waals surface area contributed by atoms with E-state index in [1.54, 1.807) is 18.7 Å². The average Bonchev–Trinajstić information content (AvgIpc) is 2.37. The van der Waals surface area contributed by atoms with Gasteiger partial charge in [-0.2, -0.15) is 0 Å². The van der Waals surface area contributed by atoms with Gasteiger partial charge in [-0.1, -0.05) is 6.92 Å². The number of piperidine rings is 1. The van der Waals surface area contributed by atoms with E-state index in [4.69, 9.17) is 0 Å². The highest BCUT2D eigenvalue weighted by Gasteiger charge is 2.30. The van der Waals surface area contributed by atoms with E-state index in [0.717, 1.165) is 19.3 Å². The van der Waals surface area contributed by atoms with E-state index in [1.807, 2.05) is 0 Å². The molecule has 0 radical (unpaired) electrons. The van der Waals surface area contributed by atoms with E-state index < -0.39 is 16.1 Å². The van der Waals surface area contributed by atoms with Crippen molar-refractivity contribution in [2.75, 3.05) is 18.9 Å². The van der Waals surface area contributed by atoms with Crippen molar-refractivity contribution in [3.05, 3.63) is 0 Å². The molecule has 0 aromatic heterocycles. The van der Waals surface area contributed by atoms with Crippen LogP contribution in [-0.2, 0) is 14.8 Å². The molecule has 2 N–H and O–H groups in total. The van der Waals surface area contributed by atoms with Crippen LogP contribution in [0.25, 0.3) is 0 Å². The molecule has 19 heavy (non-hydrogen) atoms. The van der Waals surface area contributed by atoms with E-state index in [-0.39, 0.29) is 24.3 Å². The minimum Gasteiger partial charge on any atom is -0.394 e. The van der Waals surface area contributed by atoms with E-state index >= 15 is 0 Å². The number of carbonyl (C=O) groups is 1. The molecular weight excluding hydrogens is 268 g/mol. The zero-order valence-corrected chi connectivity index (χ0v) is 12.4. The van der Waals surface area contributed by atoms with Crippen molar-refractivity contribution in [1.29, 1.82) is 0 Å². The van der Waals surface area contributed by atoms with Crippen LogP contribution < -0.4 is 4.72 Å². The molecule has 1 aliphatic heterocycles. The summed E-state index contributed by atoms with van der Waals surface area (Å²) in [5.41, 5.74) is 0. The van der Waals surface area contributed by atoms with Gasteiger partial charge in [-0.25, -0.2) is 13.1 Å². The molecule has 1 aliphatic rings. The molecule has 1 amide bonds. The van der Waals surface area contributed by atoms with Crippen LogP contribution in [0.5, 0.6) is 0 Å². The molecular formula is C12H24N2O4S. The topological polar surface area (TPSA) is 86.7 Å². The largest absolute Gasteiger partial charge is 0.394 e. The summed E-state index contributed by atoms with van der Waals surface area (Å²) in [5, 5.41) is 9.28. The number of rotatable bonds is 6. The Bertz CT molecular complexity index is 397. The highest BCUT2D eigenvalue weighted by molar-refractivity contribution is 7.89. The van der Waals surface area contributed by atoms with Crippen LogP contribution >= 0.6 is 0 Å². The monoisotopic (exact) mass is 292 g/mol.